The Morgan fingerprint density at radius 3 is 2.69 bits per heavy atom. The van der Waals surface area contributed by atoms with Gasteiger partial charge in [0, 0.05) is 25.5 Å². The molecule has 7 nitrogen and oxygen atoms in total. The van der Waals surface area contributed by atoms with Crippen LogP contribution in [-0.4, -0.2) is 32.0 Å². The van der Waals surface area contributed by atoms with Crippen LogP contribution in [0.2, 0.25) is 5.02 Å². The molecule has 0 saturated carbocycles. The van der Waals surface area contributed by atoms with Crippen molar-refractivity contribution in [3.05, 3.63) is 58.5 Å². The van der Waals surface area contributed by atoms with E-state index in [1.165, 1.54) is 12.1 Å². The average Bonchev–Trinajstić information content (AvgIpc) is 3.39. The molecule has 29 heavy (non-hydrogen) atoms. The van der Waals surface area contributed by atoms with Crippen LogP contribution in [0.4, 0.5) is 17.6 Å². The Hall–Kier alpha value is -2.82. The van der Waals surface area contributed by atoms with Gasteiger partial charge in [0.05, 0.1) is 11.6 Å². The summed E-state index contributed by atoms with van der Waals surface area (Å²) in [5, 5.41) is 9.37. The molecule has 12 heteroatoms. The molecular weight excluding hydrogens is 418 g/mol. The summed E-state index contributed by atoms with van der Waals surface area (Å²) in [7, 11) is 0. The Morgan fingerprint density at radius 1 is 1.24 bits per heavy atom. The molecule has 0 saturated heterocycles. The van der Waals surface area contributed by atoms with Crippen molar-refractivity contribution in [2.75, 3.05) is 6.54 Å². The highest BCUT2D eigenvalue weighted by Gasteiger charge is 2.28. The van der Waals surface area contributed by atoms with Crippen molar-refractivity contribution in [2.24, 2.45) is 0 Å². The zero-order chi connectivity index (χ0) is 21.0. The van der Waals surface area contributed by atoms with Crippen molar-refractivity contribution in [2.45, 2.75) is 32.4 Å². The number of furan rings is 1. The summed E-state index contributed by atoms with van der Waals surface area (Å²) in [6.07, 6.45) is -2.11. The maximum Gasteiger partial charge on any atom is 0.286 e. The molecule has 3 aromatic rings. The second-order valence-electron chi connectivity index (χ2n) is 5.99. The van der Waals surface area contributed by atoms with Crippen molar-refractivity contribution < 1.29 is 26.8 Å². The maximum atomic E-state index is 13.2. The number of aryl methyl sites for hydroxylation is 1. The van der Waals surface area contributed by atoms with Gasteiger partial charge in [-0.3, -0.25) is 14.2 Å². The Labute approximate surface area is 167 Å². The van der Waals surface area contributed by atoms with E-state index in [1.807, 2.05) is 0 Å². The van der Waals surface area contributed by atoms with Gasteiger partial charge in [-0.25, -0.2) is 17.6 Å². The van der Waals surface area contributed by atoms with Gasteiger partial charge in [0.1, 0.15) is 17.1 Å². The van der Waals surface area contributed by atoms with Crippen LogP contribution in [0.1, 0.15) is 47.0 Å². The van der Waals surface area contributed by atoms with Gasteiger partial charge >= 0.3 is 0 Å². The molecule has 0 radical (unpaired) electrons. The molecule has 0 aliphatic heterocycles. The van der Waals surface area contributed by atoms with Crippen LogP contribution < -0.4 is 5.32 Å². The first-order valence-electron chi connectivity index (χ1n) is 8.53. The lowest BCUT2D eigenvalue weighted by atomic mass is 10.3. The first-order valence-corrected chi connectivity index (χ1v) is 8.91. The molecule has 3 heterocycles. The molecule has 0 aliphatic rings. The molecule has 1 amide bonds. The van der Waals surface area contributed by atoms with Gasteiger partial charge in [-0.1, -0.05) is 11.6 Å². The van der Waals surface area contributed by atoms with E-state index in [1.54, 1.807) is 23.1 Å². The van der Waals surface area contributed by atoms with Gasteiger partial charge in [-0.15, -0.1) is 0 Å². The minimum Gasteiger partial charge on any atom is -0.454 e. The summed E-state index contributed by atoms with van der Waals surface area (Å²) < 4.78 is 59.8. The van der Waals surface area contributed by atoms with Gasteiger partial charge < -0.3 is 9.73 Å². The highest BCUT2D eigenvalue weighted by atomic mass is 35.5. The SMILES string of the molecule is O=C(NCCCn1cccn1)c1ccc(Cn2nc(C(F)F)c(Cl)c2C(F)F)o1. The van der Waals surface area contributed by atoms with E-state index in [-0.39, 0.29) is 18.1 Å². The molecule has 0 aromatic carbocycles. The van der Waals surface area contributed by atoms with Crippen molar-refractivity contribution >= 4 is 17.5 Å². The lowest BCUT2D eigenvalue weighted by molar-refractivity contribution is 0.0922. The number of aromatic nitrogens is 4. The quantitative estimate of drug-likeness (QED) is 0.407. The topological polar surface area (TPSA) is 77.9 Å². The fourth-order valence-corrected chi connectivity index (χ4v) is 2.94. The number of hydrogen-bond donors (Lipinski definition) is 1. The van der Waals surface area contributed by atoms with E-state index >= 15 is 0 Å². The minimum absolute atomic E-state index is 0.0370. The van der Waals surface area contributed by atoms with Crippen LogP contribution in [0.15, 0.2) is 35.0 Å². The van der Waals surface area contributed by atoms with E-state index in [0.717, 1.165) is 0 Å². The summed E-state index contributed by atoms with van der Waals surface area (Å²) in [5.74, 6) is -0.434. The Bertz CT molecular complexity index is 955. The van der Waals surface area contributed by atoms with Crippen LogP contribution >= 0.6 is 11.6 Å². The number of halogens is 5. The summed E-state index contributed by atoms with van der Waals surface area (Å²) in [5.41, 5.74) is -1.76. The zero-order valence-corrected chi connectivity index (χ0v) is 15.6. The molecule has 0 unspecified atom stereocenters. The number of nitrogens with zero attached hydrogens (tertiary/aromatic N) is 4. The highest BCUT2D eigenvalue weighted by molar-refractivity contribution is 6.32. The van der Waals surface area contributed by atoms with Crippen LogP contribution in [0.3, 0.4) is 0 Å². The molecule has 0 spiro atoms. The summed E-state index contributed by atoms with van der Waals surface area (Å²) in [4.78, 5) is 12.1. The molecule has 1 N–H and O–H groups in total. The lowest BCUT2D eigenvalue weighted by Gasteiger charge is -2.05. The van der Waals surface area contributed by atoms with Gasteiger partial charge in [0.2, 0.25) is 0 Å². The number of carbonyl (C=O) groups excluding carboxylic acids is 1. The molecule has 3 aromatic heterocycles. The van der Waals surface area contributed by atoms with Crippen molar-refractivity contribution in [1.82, 2.24) is 24.9 Å². The van der Waals surface area contributed by atoms with Crippen molar-refractivity contribution in [3.63, 3.8) is 0 Å². The molecule has 0 aliphatic carbocycles. The summed E-state index contributed by atoms with van der Waals surface area (Å²) in [6, 6.07) is 4.53. The first kappa shape index (κ1) is 20.9. The predicted molar refractivity (Wildman–Crippen MR) is 94.1 cm³/mol. The minimum atomic E-state index is -3.10. The van der Waals surface area contributed by atoms with E-state index in [4.69, 9.17) is 16.0 Å². The standard InChI is InChI=1S/C17H16ClF4N5O2/c18-12-13(15(19)20)25-27(14(12)16(21)22)9-10-3-4-11(29-10)17(28)23-5-1-7-26-8-2-6-24-26/h2-4,6,8,15-16H,1,5,7,9H2,(H,23,28). The molecule has 0 fully saturated rings. The number of carbonyl (C=O) groups is 1. The van der Waals surface area contributed by atoms with Gasteiger partial charge in [-0.05, 0) is 24.6 Å². The molecule has 0 atom stereocenters. The predicted octanol–water partition coefficient (Wildman–Crippen LogP) is 4.07. The van der Waals surface area contributed by atoms with Crippen molar-refractivity contribution in [3.8, 4) is 0 Å². The fraction of sp³-hybridized carbons (Fsp3) is 0.353. The molecule has 156 valence electrons. The monoisotopic (exact) mass is 433 g/mol. The number of alkyl halides is 4. The first-order chi connectivity index (χ1) is 13.9. The number of amides is 1. The van der Waals surface area contributed by atoms with Crippen LogP contribution in [0, 0.1) is 0 Å². The smallest absolute Gasteiger partial charge is 0.286 e. The Balaban J connectivity index is 1.61. The third-order valence-corrected chi connectivity index (χ3v) is 4.36. The van der Waals surface area contributed by atoms with Crippen molar-refractivity contribution in [1.29, 1.82) is 0 Å². The Morgan fingerprint density at radius 2 is 2.03 bits per heavy atom. The van der Waals surface area contributed by atoms with E-state index in [9.17, 15) is 22.4 Å². The second kappa shape index (κ2) is 9.12. The van der Waals surface area contributed by atoms with E-state index in [2.05, 4.69) is 15.5 Å². The van der Waals surface area contributed by atoms with Crippen LogP contribution in [0.25, 0.3) is 0 Å². The van der Waals surface area contributed by atoms with Crippen LogP contribution in [-0.2, 0) is 13.1 Å². The van der Waals surface area contributed by atoms with Gasteiger partial charge in [0.25, 0.3) is 18.8 Å². The van der Waals surface area contributed by atoms with Crippen LogP contribution in [0.5, 0.6) is 0 Å². The molecule has 0 bridgehead atoms. The molecule has 3 rings (SSSR count). The third-order valence-electron chi connectivity index (χ3n) is 3.97. The molecular formula is C17H16ClF4N5O2. The Kier molecular flexibility index (Phi) is 6.57. The normalized spacial score (nSPS) is 11.6. The van der Waals surface area contributed by atoms with E-state index in [0.29, 0.717) is 24.2 Å². The zero-order valence-electron chi connectivity index (χ0n) is 14.9. The summed E-state index contributed by atoms with van der Waals surface area (Å²) >= 11 is 5.61. The van der Waals surface area contributed by atoms with Gasteiger partial charge in [-0.2, -0.15) is 10.2 Å². The fourth-order valence-electron chi connectivity index (χ4n) is 2.64. The summed E-state index contributed by atoms with van der Waals surface area (Å²) in [6.45, 7) is 0.620. The third kappa shape index (κ3) is 4.97. The largest absolute Gasteiger partial charge is 0.454 e. The maximum absolute atomic E-state index is 13.2. The number of rotatable bonds is 9. The highest BCUT2D eigenvalue weighted by Crippen LogP contribution is 2.35. The van der Waals surface area contributed by atoms with E-state index < -0.39 is 35.2 Å². The van der Waals surface area contributed by atoms with Gasteiger partial charge in [0.15, 0.2) is 5.76 Å². The number of nitrogens with one attached hydrogen (secondary N) is 1. The lowest BCUT2D eigenvalue weighted by Crippen LogP contribution is -2.24. The number of hydrogen-bond acceptors (Lipinski definition) is 4. The average molecular weight is 434 g/mol. The second-order valence-corrected chi connectivity index (χ2v) is 6.37.